The summed E-state index contributed by atoms with van der Waals surface area (Å²) in [5.41, 5.74) is 3.46. The highest BCUT2D eigenvalue weighted by molar-refractivity contribution is 7.92. The van der Waals surface area contributed by atoms with Crippen LogP contribution in [0.2, 0.25) is 0 Å². The van der Waals surface area contributed by atoms with Crippen LogP contribution in [0.5, 0.6) is 11.6 Å². The molecule has 0 amide bonds. The summed E-state index contributed by atoms with van der Waals surface area (Å²) in [5, 5.41) is 3.97. The summed E-state index contributed by atoms with van der Waals surface area (Å²) in [6.45, 7) is 9.14. The Morgan fingerprint density at radius 2 is 1.76 bits per heavy atom. The van der Waals surface area contributed by atoms with Crippen molar-refractivity contribution in [2.75, 3.05) is 42.8 Å². The second kappa shape index (κ2) is 12.1. The number of hydrogen-bond donors (Lipinski definition) is 1. The molecule has 0 unspecified atom stereocenters. The number of piperazine rings is 1. The molecule has 2 aromatic heterocycles. The van der Waals surface area contributed by atoms with E-state index in [1.165, 1.54) is 17.1 Å². The molecule has 1 aliphatic heterocycles. The third-order valence-electron chi connectivity index (χ3n) is 7.37. The van der Waals surface area contributed by atoms with Crippen LogP contribution < -0.4 is 14.4 Å². The number of likely N-dealkylation sites (N-methyl/N-ethyl adjacent to an activating group) is 1. The molecule has 5 rings (SSSR count). The van der Waals surface area contributed by atoms with Gasteiger partial charge in [0.25, 0.3) is 10.0 Å². The number of rotatable bonds is 9. The van der Waals surface area contributed by atoms with Gasteiger partial charge in [-0.2, -0.15) is 10.1 Å². The molecule has 42 heavy (non-hydrogen) atoms. The Labute approximate surface area is 246 Å². The lowest BCUT2D eigenvalue weighted by Gasteiger charge is -2.34. The predicted octanol–water partition coefficient (Wildman–Crippen LogP) is 5.05. The van der Waals surface area contributed by atoms with E-state index in [1.54, 1.807) is 25.2 Å². The third kappa shape index (κ3) is 6.09. The number of nitrogens with zero attached hydrogens (tertiary/aromatic N) is 6. The van der Waals surface area contributed by atoms with Crippen LogP contribution >= 0.6 is 0 Å². The minimum absolute atomic E-state index is 0.00369. The van der Waals surface area contributed by atoms with Gasteiger partial charge >= 0.3 is 0 Å². The highest BCUT2D eigenvalue weighted by Crippen LogP contribution is 2.38. The van der Waals surface area contributed by atoms with Crippen LogP contribution in [0, 0.1) is 5.82 Å². The van der Waals surface area contributed by atoms with Crippen molar-refractivity contribution < 1.29 is 17.5 Å². The monoisotopic (exact) mass is 593 g/mol. The van der Waals surface area contributed by atoms with Crippen molar-refractivity contribution in [3.05, 3.63) is 71.8 Å². The maximum absolute atomic E-state index is 15.9. The minimum atomic E-state index is -4.06. The van der Waals surface area contributed by atoms with Gasteiger partial charge in [-0.05, 0) is 37.1 Å². The molecule has 12 heteroatoms. The van der Waals surface area contributed by atoms with Crippen LogP contribution in [-0.4, -0.2) is 66.3 Å². The van der Waals surface area contributed by atoms with Crippen LogP contribution in [0.3, 0.4) is 0 Å². The lowest BCUT2D eigenvalue weighted by Crippen LogP contribution is -2.44. The van der Waals surface area contributed by atoms with E-state index in [2.05, 4.69) is 38.5 Å². The van der Waals surface area contributed by atoms with Crippen molar-refractivity contribution >= 4 is 21.7 Å². The molecule has 1 aliphatic rings. The summed E-state index contributed by atoms with van der Waals surface area (Å²) in [5.74, 6) is -0.429. The van der Waals surface area contributed by atoms with E-state index in [0.29, 0.717) is 36.5 Å². The van der Waals surface area contributed by atoms with Crippen molar-refractivity contribution in [3.8, 4) is 22.9 Å². The normalized spacial score (nSPS) is 14.4. The summed E-state index contributed by atoms with van der Waals surface area (Å²) >= 11 is 0. The fourth-order valence-corrected chi connectivity index (χ4v) is 5.97. The molecule has 4 aromatic rings. The molecule has 0 spiro atoms. The van der Waals surface area contributed by atoms with E-state index in [1.807, 2.05) is 43.1 Å². The van der Waals surface area contributed by atoms with Gasteiger partial charge in [0.1, 0.15) is 4.90 Å². The molecule has 222 valence electrons. The van der Waals surface area contributed by atoms with E-state index in [4.69, 9.17) is 4.74 Å². The first-order chi connectivity index (χ1) is 20.1. The largest absolute Gasteiger partial charge is 0.435 e. The first kappa shape index (κ1) is 29.5. The lowest BCUT2D eigenvalue weighted by atomic mass is 9.93. The van der Waals surface area contributed by atoms with E-state index in [0.717, 1.165) is 24.2 Å². The van der Waals surface area contributed by atoms with Crippen LogP contribution in [0.15, 0.2) is 59.8 Å². The van der Waals surface area contributed by atoms with Crippen molar-refractivity contribution in [2.45, 2.75) is 38.0 Å². The van der Waals surface area contributed by atoms with Crippen LogP contribution in [0.25, 0.3) is 11.3 Å². The number of aromatic nitrogens is 4. The molecule has 1 saturated heterocycles. The van der Waals surface area contributed by atoms with Crippen molar-refractivity contribution in [3.63, 3.8) is 0 Å². The number of anilines is 2. The van der Waals surface area contributed by atoms with Gasteiger partial charge in [-0.1, -0.05) is 51.1 Å². The SMILES string of the molecule is CCc1c(Oc2cccc(N3CCN(C)CC3)c2F)nc(NS(=O)(=O)c2cnn(C)c2)nc1-c1ccccc1C(C)C. The smallest absolute Gasteiger partial charge is 0.267 e. The van der Waals surface area contributed by atoms with E-state index in [9.17, 15) is 8.42 Å². The maximum Gasteiger partial charge on any atom is 0.267 e. The number of benzene rings is 2. The highest BCUT2D eigenvalue weighted by Gasteiger charge is 2.25. The number of aryl methyl sites for hydroxylation is 1. The second-order valence-electron chi connectivity index (χ2n) is 10.7. The standard InChI is InChI=1S/C30H36FN7O3S/c1-6-22-28(24-11-8-7-10-23(24)20(2)3)33-30(35-42(39,40)21-18-32-37(5)19-21)34-29(22)41-26-13-9-12-25(27(26)31)38-16-14-36(4)15-17-38/h7-13,18-20H,6,14-17H2,1-5H3,(H,33,34,35). The molecule has 0 saturated carbocycles. The van der Waals surface area contributed by atoms with Gasteiger partial charge in [0.05, 0.1) is 17.6 Å². The first-order valence-electron chi connectivity index (χ1n) is 14.0. The first-order valence-corrected chi connectivity index (χ1v) is 15.5. The Balaban J connectivity index is 1.62. The van der Waals surface area contributed by atoms with Crippen molar-refractivity contribution in [1.29, 1.82) is 0 Å². The van der Waals surface area contributed by atoms with Gasteiger partial charge in [-0.15, -0.1) is 0 Å². The zero-order chi connectivity index (χ0) is 30.0. The maximum atomic E-state index is 15.9. The number of nitrogens with one attached hydrogen (secondary N) is 1. The summed E-state index contributed by atoms with van der Waals surface area (Å²) in [6.07, 6.45) is 3.09. The molecular formula is C30H36FN7O3S. The van der Waals surface area contributed by atoms with E-state index in [-0.39, 0.29) is 28.4 Å². The Hall–Kier alpha value is -4.03. The zero-order valence-corrected chi connectivity index (χ0v) is 25.3. The molecule has 2 aromatic carbocycles. The van der Waals surface area contributed by atoms with Crippen LogP contribution in [0.1, 0.15) is 37.8 Å². The lowest BCUT2D eigenvalue weighted by molar-refractivity contribution is 0.311. The Morgan fingerprint density at radius 1 is 1.02 bits per heavy atom. The molecule has 10 nitrogen and oxygen atoms in total. The van der Waals surface area contributed by atoms with Crippen LogP contribution in [-0.2, 0) is 23.5 Å². The molecular weight excluding hydrogens is 557 g/mol. The van der Waals surface area contributed by atoms with Crippen molar-refractivity contribution in [1.82, 2.24) is 24.6 Å². The minimum Gasteiger partial charge on any atom is -0.435 e. The zero-order valence-electron chi connectivity index (χ0n) is 24.5. The third-order valence-corrected chi connectivity index (χ3v) is 8.65. The Morgan fingerprint density at radius 3 is 2.43 bits per heavy atom. The summed E-state index contributed by atoms with van der Waals surface area (Å²) in [6, 6.07) is 12.9. The van der Waals surface area contributed by atoms with E-state index < -0.39 is 15.8 Å². The topological polar surface area (TPSA) is 105 Å². The number of sulfonamides is 1. The molecule has 0 bridgehead atoms. The molecule has 3 heterocycles. The summed E-state index contributed by atoms with van der Waals surface area (Å²) < 4.78 is 52.4. The fraction of sp³-hybridized carbons (Fsp3) is 0.367. The predicted molar refractivity (Wildman–Crippen MR) is 161 cm³/mol. The van der Waals surface area contributed by atoms with Gasteiger partial charge in [0, 0.05) is 50.6 Å². The highest BCUT2D eigenvalue weighted by atomic mass is 32.2. The summed E-state index contributed by atoms with van der Waals surface area (Å²) in [4.78, 5) is 13.3. The molecule has 1 fully saturated rings. The Bertz CT molecular complexity index is 1680. The fourth-order valence-electron chi connectivity index (χ4n) is 5.04. The van der Waals surface area contributed by atoms with Crippen LogP contribution in [0.4, 0.5) is 16.0 Å². The average molecular weight is 594 g/mol. The van der Waals surface area contributed by atoms with Crippen molar-refractivity contribution in [2.24, 2.45) is 7.05 Å². The average Bonchev–Trinajstić information content (AvgIpc) is 3.41. The molecule has 0 radical (unpaired) electrons. The van der Waals surface area contributed by atoms with Gasteiger partial charge in [0.2, 0.25) is 11.8 Å². The molecule has 1 N–H and O–H groups in total. The molecule has 0 aliphatic carbocycles. The van der Waals surface area contributed by atoms with Gasteiger partial charge < -0.3 is 14.5 Å². The number of hydrogen-bond acceptors (Lipinski definition) is 8. The van der Waals surface area contributed by atoms with Gasteiger partial charge in [-0.3, -0.25) is 4.68 Å². The quantitative estimate of drug-likeness (QED) is 0.288. The van der Waals surface area contributed by atoms with E-state index >= 15 is 4.39 Å². The molecule has 0 atom stereocenters. The number of ether oxygens (including phenoxy) is 1. The second-order valence-corrected chi connectivity index (χ2v) is 12.4. The van der Waals surface area contributed by atoms with Gasteiger partial charge in [0.15, 0.2) is 11.6 Å². The summed E-state index contributed by atoms with van der Waals surface area (Å²) in [7, 11) is -0.386. The van der Waals surface area contributed by atoms with Gasteiger partial charge in [-0.25, -0.2) is 22.5 Å². The number of halogens is 1. The Kier molecular flexibility index (Phi) is 8.46.